The SMILES string of the molecule is COc1ccc(/C=C/C(=O)c2cc(Br)cs2)cc1COCC(F)(F)F. The Labute approximate surface area is 155 Å². The van der Waals surface area contributed by atoms with Crippen LogP contribution in [0.4, 0.5) is 13.2 Å². The van der Waals surface area contributed by atoms with E-state index >= 15 is 0 Å². The topological polar surface area (TPSA) is 35.5 Å². The lowest BCUT2D eigenvalue weighted by Crippen LogP contribution is -2.16. The number of rotatable bonds is 7. The molecular formula is C17H14BrF3O3S. The molecule has 3 nitrogen and oxygen atoms in total. The summed E-state index contributed by atoms with van der Waals surface area (Å²) in [5.41, 5.74) is 1.13. The zero-order chi connectivity index (χ0) is 18.4. The van der Waals surface area contributed by atoms with Crippen LogP contribution in [0.5, 0.6) is 5.75 Å². The van der Waals surface area contributed by atoms with E-state index in [-0.39, 0.29) is 12.4 Å². The number of alkyl halides is 3. The van der Waals surface area contributed by atoms with Crippen molar-refractivity contribution in [1.82, 2.24) is 0 Å². The van der Waals surface area contributed by atoms with Gasteiger partial charge in [-0.3, -0.25) is 4.79 Å². The highest BCUT2D eigenvalue weighted by atomic mass is 79.9. The molecule has 1 heterocycles. The predicted molar refractivity (Wildman–Crippen MR) is 94.1 cm³/mol. The molecule has 0 N–H and O–H groups in total. The fourth-order valence-corrected chi connectivity index (χ4v) is 3.34. The van der Waals surface area contributed by atoms with Crippen molar-refractivity contribution in [2.75, 3.05) is 13.7 Å². The molecule has 0 radical (unpaired) electrons. The van der Waals surface area contributed by atoms with Crippen molar-refractivity contribution in [3.63, 3.8) is 0 Å². The van der Waals surface area contributed by atoms with Crippen molar-refractivity contribution >= 4 is 39.1 Å². The number of methoxy groups -OCH3 is 1. The Balaban J connectivity index is 2.09. The molecule has 0 aliphatic heterocycles. The van der Waals surface area contributed by atoms with Gasteiger partial charge in [0, 0.05) is 15.4 Å². The van der Waals surface area contributed by atoms with Gasteiger partial charge in [-0.2, -0.15) is 13.2 Å². The highest BCUT2D eigenvalue weighted by molar-refractivity contribution is 9.10. The summed E-state index contributed by atoms with van der Waals surface area (Å²) in [6.07, 6.45) is -1.37. The van der Waals surface area contributed by atoms with E-state index in [4.69, 9.17) is 4.74 Å². The first-order chi connectivity index (χ1) is 11.8. The summed E-state index contributed by atoms with van der Waals surface area (Å²) in [4.78, 5) is 12.6. The minimum atomic E-state index is -4.38. The largest absolute Gasteiger partial charge is 0.496 e. The standard InChI is InChI=1S/C17H14BrF3O3S/c1-23-15-5-3-11(6-12(15)8-24-10-17(19,20)21)2-4-14(22)16-7-13(18)9-25-16/h2-7,9H,8,10H2,1H3/b4-2+. The second-order valence-electron chi connectivity index (χ2n) is 5.01. The highest BCUT2D eigenvalue weighted by Crippen LogP contribution is 2.24. The van der Waals surface area contributed by atoms with Gasteiger partial charge in [0.05, 0.1) is 18.6 Å². The second kappa shape index (κ2) is 8.64. The van der Waals surface area contributed by atoms with Gasteiger partial charge in [0.25, 0.3) is 0 Å². The summed E-state index contributed by atoms with van der Waals surface area (Å²) in [6, 6.07) is 6.68. The summed E-state index contributed by atoms with van der Waals surface area (Å²) in [6.45, 7) is -1.57. The Kier molecular flexibility index (Phi) is 6.80. The maximum Gasteiger partial charge on any atom is 0.411 e. The van der Waals surface area contributed by atoms with Crippen LogP contribution in [-0.2, 0) is 11.3 Å². The van der Waals surface area contributed by atoms with Crippen LogP contribution in [-0.4, -0.2) is 25.7 Å². The van der Waals surface area contributed by atoms with E-state index in [9.17, 15) is 18.0 Å². The third-order valence-electron chi connectivity index (χ3n) is 3.07. The molecule has 0 saturated heterocycles. The number of ketones is 1. The van der Waals surface area contributed by atoms with Gasteiger partial charge in [0.1, 0.15) is 12.4 Å². The van der Waals surface area contributed by atoms with Crippen molar-refractivity contribution in [1.29, 1.82) is 0 Å². The smallest absolute Gasteiger partial charge is 0.411 e. The molecule has 0 atom stereocenters. The van der Waals surface area contributed by atoms with Gasteiger partial charge in [0.2, 0.25) is 0 Å². The second-order valence-corrected chi connectivity index (χ2v) is 6.83. The van der Waals surface area contributed by atoms with E-state index in [0.29, 0.717) is 21.8 Å². The number of benzene rings is 1. The molecule has 0 aliphatic carbocycles. The number of allylic oxidation sites excluding steroid dienone is 1. The Morgan fingerprint density at radius 1 is 1.32 bits per heavy atom. The average Bonchev–Trinajstić information content (AvgIpc) is 2.98. The van der Waals surface area contributed by atoms with Crippen molar-refractivity contribution in [2.24, 2.45) is 0 Å². The Bertz CT molecular complexity index is 769. The lowest BCUT2D eigenvalue weighted by molar-refractivity contribution is -0.176. The highest BCUT2D eigenvalue weighted by Gasteiger charge is 2.27. The van der Waals surface area contributed by atoms with Crippen molar-refractivity contribution in [2.45, 2.75) is 12.8 Å². The molecule has 0 fully saturated rings. The molecule has 1 aromatic carbocycles. The van der Waals surface area contributed by atoms with E-state index < -0.39 is 12.8 Å². The number of carbonyl (C=O) groups is 1. The first-order valence-electron chi connectivity index (χ1n) is 7.06. The lowest BCUT2D eigenvalue weighted by atomic mass is 10.1. The normalized spacial score (nSPS) is 11.9. The van der Waals surface area contributed by atoms with Gasteiger partial charge in [0.15, 0.2) is 5.78 Å². The molecule has 0 bridgehead atoms. The van der Waals surface area contributed by atoms with Crippen LogP contribution >= 0.6 is 27.3 Å². The number of thiophene rings is 1. The van der Waals surface area contributed by atoms with Crippen LogP contribution in [0.25, 0.3) is 6.08 Å². The molecule has 1 aromatic heterocycles. The van der Waals surface area contributed by atoms with Crippen LogP contribution in [0.2, 0.25) is 0 Å². The maximum absolute atomic E-state index is 12.2. The molecule has 25 heavy (non-hydrogen) atoms. The Hall–Kier alpha value is -1.64. The van der Waals surface area contributed by atoms with Gasteiger partial charge >= 0.3 is 6.18 Å². The Morgan fingerprint density at radius 2 is 2.08 bits per heavy atom. The first kappa shape index (κ1) is 19.7. The maximum atomic E-state index is 12.2. The molecule has 134 valence electrons. The minimum absolute atomic E-state index is 0.151. The first-order valence-corrected chi connectivity index (χ1v) is 8.73. The van der Waals surface area contributed by atoms with Gasteiger partial charge in [-0.25, -0.2) is 0 Å². The average molecular weight is 435 g/mol. The van der Waals surface area contributed by atoms with E-state index in [1.54, 1.807) is 30.3 Å². The number of hydrogen-bond donors (Lipinski definition) is 0. The fourth-order valence-electron chi connectivity index (χ4n) is 1.99. The van der Waals surface area contributed by atoms with Gasteiger partial charge in [-0.15, -0.1) is 11.3 Å². The molecule has 2 rings (SSSR count). The third-order valence-corrected chi connectivity index (χ3v) is 4.77. The number of halogens is 4. The quantitative estimate of drug-likeness (QED) is 0.426. The third kappa shape index (κ3) is 6.30. The van der Waals surface area contributed by atoms with E-state index in [2.05, 4.69) is 20.7 Å². The van der Waals surface area contributed by atoms with Crippen LogP contribution < -0.4 is 4.74 Å². The van der Waals surface area contributed by atoms with E-state index in [1.807, 2.05) is 5.38 Å². The van der Waals surface area contributed by atoms with Gasteiger partial charge in [-0.05, 0) is 45.8 Å². The summed E-state index contributed by atoms with van der Waals surface area (Å²) >= 11 is 4.61. The van der Waals surface area contributed by atoms with Crippen LogP contribution in [0.1, 0.15) is 20.8 Å². The van der Waals surface area contributed by atoms with Crippen molar-refractivity contribution in [3.05, 3.63) is 56.2 Å². The number of carbonyl (C=O) groups excluding carboxylic acids is 1. The number of ether oxygens (including phenoxy) is 2. The minimum Gasteiger partial charge on any atom is -0.496 e. The van der Waals surface area contributed by atoms with E-state index in [0.717, 1.165) is 4.47 Å². The molecule has 0 saturated carbocycles. The molecule has 2 aromatic rings. The zero-order valence-electron chi connectivity index (χ0n) is 13.1. The lowest BCUT2D eigenvalue weighted by Gasteiger charge is -2.11. The molecule has 8 heteroatoms. The summed E-state index contributed by atoms with van der Waals surface area (Å²) in [5.74, 6) is 0.272. The monoisotopic (exact) mass is 434 g/mol. The van der Waals surface area contributed by atoms with E-state index in [1.165, 1.54) is 24.5 Å². The molecule has 0 unspecified atom stereocenters. The van der Waals surface area contributed by atoms with Crippen molar-refractivity contribution in [3.8, 4) is 5.75 Å². The summed E-state index contributed by atoms with van der Waals surface area (Å²) < 4.78 is 47.2. The predicted octanol–water partition coefficient (Wildman–Crippen LogP) is 5.49. The summed E-state index contributed by atoms with van der Waals surface area (Å²) in [5, 5.41) is 1.81. The fraction of sp³-hybridized carbons (Fsp3) is 0.235. The molecule has 0 aliphatic rings. The van der Waals surface area contributed by atoms with Crippen molar-refractivity contribution < 1.29 is 27.4 Å². The van der Waals surface area contributed by atoms with Gasteiger partial charge < -0.3 is 9.47 Å². The molecule has 0 amide bonds. The number of hydrogen-bond acceptors (Lipinski definition) is 4. The van der Waals surface area contributed by atoms with Crippen LogP contribution in [0, 0.1) is 0 Å². The van der Waals surface area contributed by atoms with Gasteiger partial charge in [-0.1, -0.05) is 12.1 Å². The molecular weight excluding hydrogens is 421 g/mol. The molecule has 0 spiro atoms. The Morgan fingerprint density at radius 3 is 2.68 bits per heavy atom. The zero-order valence-corrected chi connectivity index (χ0v) is 15.5. The summed E-state index contributed by atoms with van der Waals surface area (Å²) in [7, 11) is 1.43. The van der Waals surface area contributed by atoms with Crippen LogP contribution in [0.15, 0.2) is 40.2 Å². The van der Waals surface area contributed by atoms with Crippen LogP contribution in [0.3, 0.4) is 0 Å².